The van der Waals surface area contributed by atoms with E-state index in [-0.39, 0.29) is 24.3 Å². The number of imidazole rings is 1. The van der Waals surface area contributed by atoms with Gasteiger partial charge in [-0.2, -0.15) is 0 Å². The number of carbonyl (C=O) groups is 2. The number of hydrogen-bond acceptors (Lipinski definition) is 3. The number of amides is 2. The number of anilines is 1. The first-order valence-electron chi connectivity index (χ1n) is 10.1. The number of benzene rings is 2. The Labute approximate surface area is 170 Å². The molecule has 0 atom stereocenters. The van der Waals surface area contributed by atoms with Crippen LogP contribution in [0.1, 0.15) is 29.8 Å². The van der Waals surface area contributed by atoms with Crippen LogP contribution in [-0.2, 0) is 22.6 Å². The Balaban J connectivity index is 1.50. The highest BCUT2D eigenvalue weighted by atomic mass is 16.2. The Morgan fingerprint density at radius 3 is 2.72 bits per heavy atom. The molecule has 1 fully saturated rings. The van der Waals surface area contributed by atoms with E-state index in [4.69, 9.17) is 4.98 Å². The lowest BCUT2D eigenvalue weighted by atomic mass is 10.1. The molecule has 1 saturated carbocycles. The minimum absolute atomic E-state index is 0.0925. The van der Waals surface area contributed by atoms with Crippen LogP contribution < -0.4 is 10.6 Å². The molecule has 4 rings (SSSR count). The van der Waals surface area contributed by atoms with E-state index in [1.807, 2.05) is 60.9 Å². The molecule has 0 saturated heterocycles. The van der Waals surface area contributed by atoms with Gasteiger partial charge in [0.05, 0.1) is 11.0 Å². The zero-order valence-corrected chi connectivity index (χ0v) is 16.9. The molecule has 1 heterocycles. The first-order chi connectivity index (χ1) is 14.0. The fraction of sp³-hybridized carbons (Fsp3) is 0.348. The van der Waals surface area contributed by atoms with Crippen LogP contribution in [0.3, 0.4) is 0 Å². The molecule has 6 nitrogen and oxygen atoms in total. The van der Waals surface area contributed by atoms with Crippen molar-refractivity contribution >= 4 is 28.5 Å². The molecular weight excluding hydrogens is 364 g/mol. The number of aromatic nitrogens is 2. The van der Waals surface area contributed by atoms with Crippen LogP contribution in [0.15, 0.2) is 42.5 Å². The largest absolute Gasteiger partial charge is 0.355 e. The lowest BCUT2D eigenvalue weighted by Gasteiger charge is -2.12. The standard InChI is InChI=1S/C23H26N4O2/c1-15-7-8-16(2)19(13-15)26-22(28)14-27-20-6-4-3-5-18(20)25-21(27)11-12-24-23(29)17-9-10-17/h3-8,13,17H,9-12,14H2,1-2H3,(H,24,29)(H,26,28). The quantitative estimate of drug-likeness (QED) is 0.649. The zero-order valence-electron chi connectivity index (χ0n) is 16.9. The summed E-state index contributed by atoms with van der Waals surface area (Å²) in [6.07, 6.45) is 2.57. The summed E-state index contributed by atoms with van der Waals surface area (Å²) in [6, 6.07) is 13.8. The van der Waals surface area contributed by atoms with E-state index in [1.54, 1.807) is 0 Å². The van der Waals surface area contributed by atoms with Gasteiger partial charge in [0.25, 0.3) is 0 Å². The van der Waals surface area contributed by atoms with Crippen LogP contribution in [0, 0.1) is 19.8 Å². The Hall–Kier alpha value is -3.15. The minimum atomic E-state index is -0.0925. The molecule has 29 heavy (non-hydrogen) atoms. The average Bonchev–Trinajstić information content (AvgIpc) is 3.49. The summed E-state index contributed by atoms with van der Waals surface area (Å²) in [6.45, 7) is 4.69. The van der Waals surface area contributed by atoms with Crippen molar-refractivity contribution in [3.8, 4) is 0 Å². The van der Waals surface area contributed by atoms with Crippen LogP contribution >= 0.6 is 0 Å². The summed E-state index contributed by atoms with van der Waals surface area (Å²) in [7, 11) is 0. The van der Waals surface area contributed by atoms with Gasteiger partial charge in [-0.15, -0.1) is 0 Å². The van der Waals surface area contributed by atoms with Gasteiger partial charge >= 0.3 is 0 Å². The van der Waals surface area contributed by atoms with Crippen molar-refractivity contribution in [2.75, 3.05) is 11.9 Å². The van der Waals surface area contributed by atoms with Crippen molar-refractivity contribution in [1.29, 1.82) is 0 Å². The molecule has 0 unspecified atom stereocenters. The van der Waals surface area contributed by atoms with Gasteiger partial charge in [-0.3, -0.25) is 9.59 Å². The van der Waals surface area contributed by atoms with Gasteiger partial charge in [-0.1, -0.05) is 24.3 Å². The molecule has 2 amide bonds. The van der Waals surface area contributed by atoms with Crippen LogP contribution in [0.25, 0.3) is 11.0 Å². The number of aryl methyl sites for hydroxylation is 2. The third-order valence-electron chi connectivity index (χ3n) is 5.30. The van der Waals surface area contributed by atoms with Gasteiger partial charge in [-0.25, -0.2) is 4.98 Å². The molecule has 3 aromatic rings. The van der Waals surface area contributed by atoms with Gasteiger partial charge in [0, 0.05) is 24.6 Å². The second kappa shape index (κ2) is 8.07. The van der Waals surface area contributed by atoms with Gasteiger partial charge in [-0.05, 0) is 56.0 Å². The van der Waals surface area contributed by atoms with E-state index >= 15 is 0 Å². The lowest BCUT2D eigenvalue weighted by molar-refractivity contribution is -0.122. The number of para-hydroxylation sites is 2. The monoisotopic (exact) mass is 390 g/mol. The van der Waals surface area contributed by atoms with Gasteiger partial charge < -0.3 is 15.2 Å². The lowest BCUT2D eigenvalue weighted by Crippen LogP contribution is -2.28. The smallest absolute Gasteiger partial charge is 0.244 e. The number of rotatable bonds is 7. The number of fused-ring (bicyclic) bond motifs is 1. The van der Waals surface area contributed by atoms with E-state index in [9.17, 15) is 9.59 Å². The number of carbonyl (C=O) groups excluding carboxylic acids is 2. The molecule has 6 heteroatoms. The highest BCUT2D eigenvalue weighted by molar-refractivity contribution is 5.92. The maximum Gasteiger partial charge on any atom is 0.244 e. The molecule has 1 aliphatic rings. The predicted octanol–water partition coefficient (Wildman–Crippen LogP) is 3.36. The maximum atomic E-state index is 12.8. The van der Waals surface area contributed by atoms with Crippen LogP contribution in [-0.4, -0.2) is 27.9 Å². The molecule has 1 aliphatic carbocycles. The van der Waals surface area contributed by atoms with Crippen molar-refractivity contribution in [2.45, 2.75) is 39.7 Å². The molecule has 2 aromatic carbocycles. The predicted molar refractivity (Wildman–Crippen MR) is 114 cm³/mol. The van der Waals surface area contributed by atoms with Crippen molar-refractivity contribution in [3.05, 3.63) is 59.4 Å². The van der Waals surface area contributed by atoms with Crippen molar-refractivity contribution in [2.24, 2.45) is 5.92 Å². The highest BCUT2D eigenvalue weighted by Crippen LogP contribution is 2.28. The van der Waals surface area contributed by atoms with Crippen molar-refractivity contribution < 1.29 is 9.59 Å². The number of nitrogens with zero attached hydrogens (tertiary/aromatic N) is 2. The van der Waals surface area contributed by atoms with Crippen LogP contribution in [0.2, 0.25) is 0 Å². The van der Waals surface area contributed by atoms with E-state index in [0.29, 0.717) is 13.0 Å². The normalized spacial score (nSPS) is 13.4. The zero-order chi connectivity index (χ0) is 20.4. The Bertz CT molecular complexity index is 1070. The molecule has 0 bridgehead atoms. The highest BCUT2D eigenvalue weighted by Gasteiger charge is 2.29. The molecule has 0 aliphatic heterocycles. The summed E-state index contributed by atoms with van der Waals surface area (Å²) in [4.78, 5) is 29.4. The molecule has 0 radical (unpaired) electrons. The number of hydrogen-bond donors (Lipinski definition) is 2. The van der Waals surface area contributed by atoms with E-state index in [0.717, 1.165) is 46.5 Å². The van der Waals surface area contributed by atoms with Gasteiger partial charge in [0.15, 0.2) is 0 Å². The van der Waals surface area contributed by atoms with Gasteiger partial charge in [0.1, 0.15) is 12.4 Å². The van der Waals surface area contributed by atoms with Crippen LogP contribution in [0.4, 0.5) is 5.69 Å². The summed E-state index contributed by atoms with van der Waals surface area (Å²) in [5.74, 6) is 1.03. The Morgan fingerprint density at radius 2 is 1.93 bits per heavy atom. The molecule has 0 spiro atoms. The second-order valence-corrected chi connectivity index (χ2v) is 7.78. The van der Waals surface area contributed by atoms with Crippen LogP contribution in [0.5, 0.6) is 0 Å². The summed E-state index contributed by atoms with van der Waals surface area (Å²) in [5, 5.41) is 6.00. The first kappa shape index (κ1) is 19.2. The maximum absolute atomic E-state index is 12.8. The summed E-state index contributed by atoms with van der Waals surface area (Å²) in [5.41, 5.74) is 4.74. The summed E-state index contributed by atoms with van der Waals surface area (Å²) >= 11 is 0. The van der Waals surface area contributed by atoms with E-state index in [2.05, 4.69) is 10.6 Å². The fourth-order valence-corrected chi connectivity index (χ4v) is 3.48. The van der Waals surface area contributed by atoms with Crippen molar-refractivity contribution in [3.63, 3.8) is 0 Å². The molecule has 1 aromatic heterocycles. The molecule has 150 valence electrons. The average molecular weight is 390 g/mol. The second-order valence-electron chi connectivity index (χ2n) is 7.78. The Morgan fingerprint density at radius 1 is 1.14 bits per heavy atom. The minimum Gasteiger partial charge on any atom is -0.355 e. The number of nitrogens with one attached hydrogen (secondary N) is 2. The van der Waals surface area contributed by atoms with E-state index < -0.39 is 0 Å². The summed E-state index contributed by atoms with van der Waals surface area (Å²) < 4.78 is 1.94. The fourth-order valence-electron chi connectivity index (χ4n) is 3.48. The first-order valence-corrected chi connectivity index (χ1v) is 10.1. The topological polar surface area (TPSA) is 76.0 Å². The third kappa shape index (κ3) is 4.47. The third-order valence-corrected chi connectivity index (χ3v) is 5.30. The van der Waals surface area contributed by atoms with Crippen molar-refractivity contribution in [1.82, 2.24) is 14.9 Å². The SMILES string of the molecule is Cc1ccc(C)c(NC(=O)Cn2c(CCNC(=O)C3CC3)nc3ccccc32)c1. The van der Waals surface area contributed by atoms with Gasteiger partial charge in [0.2, 0.25) is 11.8 Å². The Kier molecular flexibility index (Phi) is 5.34. The molecular formula is C23H26N4O2. The molecule has 2 N–H and O–H groups in total. The van der Waals surface area contributed by atoms with E-state index in [1.165, 1.54) is 0 Å².